The Labute approximate surface area is 114 Å². The van der Waals surface area contributed by atoms with Gasteiger partial charge in [-0.25, -0.2) is 4.79 Å². The van der Waals surface area contributed by atoms with Crippen molar-refractivity contribution in [2.75, 3.05) is 0 Å². The summed E-state index contributed by atoms with van der Waals surface area (Å²) in [6.07, 6.45) is 0.814. The summed E-state index contributed by atoms with van der Waals surface area (Å²) in [7, 11) is 0. The van der Waals surface area contributed by atoms with E-state index in [1.54, 1.807) is 6.92 Å². The van der Waals surface area contributed by atoms with Crippen LogP contribution in [0.1, 0.15) is 30.1 Å². The third-order valence-electron chi connectivity index (χ3n) is 2.62. The van der Waals surface area contributed by atoms with Crippen LogP contribution in [-0.4, -0.2) is 33.1 Å². The van der Waals surface area contributed by atoms with E-state index in [4.69, 9.17) is 5.11 Å². The molecule has 0 saturated heterocycles. The molecule has 0 bridgehead atoms. The van der Waals surface area contributed by atoms with Gasteiger partial charge in [-0.05, 0) is 18.6 Å². The lowest BCUT2D eigenvalue weighted by Crippen LogP contribution is -2.40. The van der Waals surface area contributed by atoms with Gasteiger partial charge >= 0.3 is 11.7 Å². The summed E-state index contributed by atoms with van der Waals surface area (Å²) in [5.74, 6) is -2.47. The molecule has 1 atom stereocenters. The first-order chi connectivity index (χ1) is 9.36. The highest BCUT2D eigenvalue weighted by Gasteiger charge is 2.22. The molecule has 0 heterocycles. The lowest BCUT2D eigenvalue weighted by Gasteiger charge is -2.13. The lowest BCUT2D eigenvalue weighted by atomic mass is 10.1. The Bertz CT molecular complexity index is 543. The molecule has 0 fully saturated rings. The molecule has 0 radical (unpaired) electrons. The molecule has 1 aromatic carbocycles. The number of carboxylic acid groups (broad SMARTS) is 1. The van der Waals surface area contributed by atoms with E-state index in [0.29, 0.717) is 6.42 Å². The highest BCUT2D eigenvalue weighted by molar-refractivity contribution is 5.97. The zero-order chi connectivity index (χ0) is 15.3. The van der Waals surface area contributed by atoms with Crippen molar-refractivity contribution in [1.29, 1.82) is 0 Å². The van der Waals surface area contributed by atoms with Crippen LogP contribution in [0.5, 0.6) is 5.75 Å². The van der Waals surface area contributed by atoms with Crippen molar-refractivity contribution in [2.45, 2.75) is 25.8 Å². The number of hydrogen-bond acceptors (Lipinski definition) is 5. The first-order valence-electron chi connectivity index (χ1n) is 5.87. The van der Waals surface area contributed by atoms with Gasteiger partial charge in [0.05, 0.1) is 4.92 Å². The fourth-order valence-electron chi connectivity index (χ4n) is 1.60. The van der Waals surface area contributed by atoms with Crippen LogP contribution in [-0.2, 0) is 4.79 Å². The molecule has 0 saturated carbocycles. The molecule has 3 N–H and O–H groups in total. The van der Waals surface area contributed by atoms with Gasteiger partial charge in [-0.2, -0.15) is 0 Å². The average molecular weight is 282 g/mol. The number of nitro groups is 1. The second-order valence-corrected chi connectivity index (χ2v) is 4.11. The summed E-state index contributed by atoms with van der Waals surface area (Å²) < 4.78 is 0. The maximum absolute atomic E-state index is 11.8. The number of benzene rings is 1. The number of phenolic OH excluding ortho intramolecular Hbond substituents is 1. The van der Waals surface area contributed by atoms with Gasteiger partial charge in [0, 0.05) is 11.6 Å². The fraction of sp³-hybridized carbons (Fsp3) is 0.333. The molecule has 0 aliphatic rings. The minimum Gasteiger partial charge on any atom is -0.502 e. The molecule has 0 spiro atoms. The van der Waals surface area contributed by atoms with Crippen molar-refractivity contribution in [1.82, 2.24) is 5.32 Å². The van der Waals surface area contributed by atoms with Gasteiger partial charge in [0.2, 0.25) is 0 Å². The van der Waals surface area contributed by atoms with Crippen LogP contribution in [0.15, 0.2) is 18.2 Å². The van der Waals surface area contributed by atoms with Crippen molar-refractivity contribution in [3.05, 3.63) is 33.9 Å². The first-order valence-corrected chi connectivity index (χ1v) is 5.87. The summed E-state index contributed by atoms with van der Waals surface area (Å²) in [5, 5.41) is 31.1. The summed E-state index contributed by atoms with van der Waals surface area (Å²) in [6.45, 7) is 1.77. The number of aliphatic carboxylic acids is 1. The predicted octanol–water partition coefficient (Wildman–Crippen LogP) is 1.28. The van der Waals surface area contributed by atoms with Crippen LogP contribution in [0.4, 0.5) is 5.69 Å². The Hall–Kier alpha value is -2.64. The van der Waals surface area contributed by atoms with Gasteiger partial charge in [0.1, 0.15) is 6.04 Å². The standard InChI is InChI=1S/C12H14N2O6/c1-2-3-8(12(17)18)13-11(16)7-4-5-10(15)9(6-7)14(19)20/h4-6,8,15H,2-3H2,1H3,(H,13,16)(H,17,18). The number of aromatic hydroxyl groups is 1. The van der Waals surface area contributed by atoms with Gasteiger partial charge in [0.25, 0.3) is 5.91 Å². The van der Waals surface area contributed by atoms with Gasteiger partial charge < -0.3 is 15.5 Å². The number of carbonyl (C=O) groups excluding carboxylic acids is 1. The third kappa shape index (κ3) is 3.67. The first kappa shape index (κ1) is 15.4. The number of nitrogens with zero attached hydrogens (tertiary/aromatic N) is 1. The zero-order valence-corrected chi connectivity index (χ0v) is 10.7. The zero-order valence-electron chi connectivity index (χ0n) is 10.7. The lowest BCUT2D eigenvalue weighted by molar-refractivity contribution is -0.385. The number of nitrogens with one attached hydrogen (secondary N) is 1. The monoisotopic (exact) mass is 282 g/mol. The number of hydrogen-bond donors (Lipinski definition) is 3. The number of amides is 1. The van der Waals surface area contributed by atoms with Crippen LogP contribution < -0.4 is 5.32 Å². The Morgan fingerprint density at radius 3 is 2.60 bits per heavy atom. The van der Waals surface area contributed by atoms with E-state index in [1.807, 2.05) is 0 Å². The van der Waals surface area contributed by atoms with Crippen molar-refractivity contribution in [3.63, 3.8) is 0 Å². The highest BCUT2D eigenvalue weighted by Crippen LogP contribution is 2.26. The second kappa shape index (κ2) is 6.50. The molecule has 8 heteroatoms. The average Bonchev–Trinajstić information content (AvgIpc) is 2.38. The van der Waals surface area contributed by atoms with Crippen LogP contribution in [0.25, 0.3) is 0 Å². The molecule has 0 aromatic heterocycles. The van der Waals surface area contributed by atoms with Crippen LogP contribution >= 0.6 is 0 Å². The van der Waals surface area contributed by atoms with E-state index >= 15 is 0 Å². The molecule has 20 heavy (non-hydrogen) atoms. The van der Waals surface area contributed by atoms with Gasteiger partial charge in [-0.3, -0.25) is 14.9 Å². The van der Waals surface area contributed by atoms with Crippen molar-refractivity contribution < 1.29 is 24.7 Å². The normalized spacial score (nSPS) is 11.7. The molecule has 1 aromatic rings. The SMILES string of the molecule is CCCC(NC(=O)c1ccc(O)c([N+](=O)[O-])c1)C(=O)O. The molecule has 1 unspecified atom stereocenters. The molecule has 0 aliphatic heterocycles. The summed E-state index contributed by atoms with van der Waals surface area (Å²) >= 11 is 0. The minimum absolute atomic E-state index is 0.0862. The Kier molecular flexibility index (Phi) is 5.01. The molecule has 0 aliphatic carbocycles. The number of rotatable bonds is 6. The van der Waals surface area contributed by atoms with E-state index < -0.39 is 34.3 Å². The smallest absolute Gasteiger partial charge is 0.326 e. The number of phenols is 1. The predicted molar refractivity (Wildman–Crippen MR) is 68.6 cm³/mol. The summed E-state index contributed by atoms with van der Waals surface area (Å²) in [4.78, 5) is 32.6. The fourth-order valence-corrected chi connectivity index (χ4v) is 1.60. The number of carboxylic acids is 1. The number of nitro benzene ring substituents is 1. The Balaban J connectivity index is 2.95. The van der Waals surface area contributed by atoms with E-state index in [1.165, 1.54) is 6.07 Å². The molecule has 1 amide bonds. The summed E-state index contributed by atoms with van der Waals surface area (Å²) in [6, 6.07) is 2.04. The summed E-state index contributed by atoms with van der Waals surface area (Å²) in [5.41, 5.74) is -0.697. The van der Waals surface area contributed by atoms with Crippen LogP contribution in [0.2, 0.25) is 0 Å². The van der Waals surface area contributed by atoms with E-state index in [0.717, 1.165) is 12.1 Å². The molecule has 8 nitrogen and oxygen atoms in total. The van der Waals surface area contributed by atoms with E-state index in [9.17, 15) is 24.8 Å². The van der Waals surface area contributed by atoms with Crippen LogP contribution in [0.3, 0.4) is 0 Å². The van der Waals surface area contributed by atoms with Gasteiger partial charge in [0.15, 0.2) is 5.75 Å². The second-order valence-electron chi connectivity index (χ2n) is 4.11. The Morgan fingerprint density at radius 2 is 2.10 bits per heavy atom. The van der Waals surface area contributed by atoms with E-state index in [2.05, 4.69) is 5.32 Å². The largest absolute Gasteiger partial charge is 0.502 e. The van der Waals surface area contributed by atoms with Crippen LogP contribution in [0, 0.1) is 10.1 Å². The molecule has 108 valence electrons. The molecular weight excluding hydrogens is 268 g/mol. The van der Waals surface area contributed by atoms with Gasteiger partial charge in [-0.1, -0.05) is 13.3 Å². The van der Waals surface area contributed by atoms with Crippen molar-refractivity contribution in [3.8, 4) is 5.75 Å². The maximum Gasteiger partial charge on any atom is 0.326 e. The topological polar surface area (TPSA) is 130 Å². The van der Waals surface area contributed by atoms with Crippen molar-refractivity contribution in [2.24, 2.45) is 0 Å². The van der Waals surface area contributed by atoms with Crippen molar-refractivity contribution >= 4 is 17.6 Å². The number of carbonyl (C=O) groups is 2. The third-order valence-corrected chi connectivity index (χ3v) is 2.62. The molecule has 1 rings (SSSR count). The van der Waals surface area contributed by atoms with Gasteiger partial charge in [-0.15, -0.1) is 0 Å². The quantitative estimate of drug-likeness (QED) is 0.532. The van der Waals surface area contributed by atoms with E-state index in [-0.39, 0.29) is 12.0 Å². The minimum atomic E-state index is -1.17. The maximum atomic E-state index is 11.8. The Morgan fingerprint density at radius 1 is 1.45 bits per heavy atom. The molecular formula is C12H14N2O6. The highest BCUT2D eigenvalue weighted by atomic mass is 16.6.